The summed E-state index contributed by atoms with van der Waals surface area (Å²) in [6.45, 7) is 8.05. The molecule has 0 radical (unpaired) electrons. The third kappa shape index (κ3) is 3.25. The van der Waals surface area contributed by atoms with Crippen LogP contribution in [-0.2, 0) is 0 Å². The number of benzene rings is 1. The van der Waals surface area contributed by atoms with E-state index in [2.05, 4.69) is 25.7 Å². The molecular formula is C13H21FN2O. The van der Waals surface area contributed by atoms with Gasteiger partial charge in [0.25, 0.3) is 0 Å². The van der Waals surface area contributed by atoms with Gasteiger partial charge in [-0.25, -0.2) is 4.39 Å². The zero-order valence-corrected chi connectivity index (χ0v) is 11.0. The van der Waals surface area contributed by atoms with Crippen LogP contribution in [0.15, 0.2) is 12.1 Å². The molecule has 0 heterocycles. The minimum atomic E-state index is -0.422. The quantitative estimate of drug-likeness (QED) is 0.804. The number of hydrogen-bond donors (Lipinski definition) is 1. The maximum atomic E-state index is 13.4. The molecule has 0 aliphatic rings. The van der Waals surface area contributed by atoms with Gasteiger partial charge in [-0.15, -0.1) is 0 Å². The second-order valence-electron chi connectivity index (χ2n) is 4.48. The number of anilines is 2. The normalized spacial score (nSPS) is 10.7. The highest BCUT2D eigenvalue weighted by molar-refractivity contribution is 5.70. The van der Waals surface area contributed by atoms with Gasteiger partial charge in [0, 0.05) is 25.2 Å². The first kappa shape index (κ1) is 13.6. The Morgan fingerprint density at radius 1 is 1.41 bits per heavy atom. The van der Waals surface area contributed by atoms with Gasteiger partial charge in [0.15, 0.2) is 11.6 Å². The molecule has 2 N–H and O–H groups in total. The number of ether oxygens (including phenoxy) is 1. The van der Waals surface area contributed by atoms with Gasteiger partial charge in [-0.3, -0.25) is 0 Å². The number of nitrogens with two attached hydrogens (primary N) is 1. The van der Waals surface area contributed by atoms with Crippen LogP contribution in [0.3, 0.4) is 0 Å². The van der Waals surface area contributed by atoms with Gasteiger partial charge in [0.1, 0.15) is 0 Å². The monoisotopic (exact) mass is 240 g/mol. The number of hydrogen-bond acceptors (Lipinski definition) is 3. The van der Waals surface area contributed by atoms with E-state index in [-0.39, 0.29) is 5.75 Å². The summed E-state index contributed by atoms with van der Waals surface area (Å²) in [5.74, 6) is 0.330. The lowest BCUT2D eigenvalue weighted by Crippen LogP contribution is -2.28. The van der Waals surface area contributed by atoms with Gasteiger partial charge in [-0.1, -0.05) is 13.8 Å². The first-order valence-corrected chi connectivity index (χ1v) is 5.87. The second-order valence-corrected chi connectivity index (χ2v) is 4.48. The number of halogens is 1. The zero-order chi connectivity index (χ0) is 13.0. The van der Waals surface area contributed by atoms with Gasteiger partial charge < -0.3 is 15.4 Å². The lowest BCUT2D eigenvalue weighted by atomic mass is 10.1. The van der Waals surface area contributed by atoms with E-state index < -0.39 is 5.82 Å². The number of rotatable bonds is 5. The second kappa shape index (κ2) is 5.75. The van der Waals surface area contributed by atoms with Crippen LogP contribution in [0, 0.1) is 11.7 Å². The maximum Gasteiger partial charge on any atom is 0.167 e. The molecule has 4 heteroatoms. The van der Waals surface area contributed by atoms with Crippen LogP contribution in [0.4, 0.5) is 15.8 Å². The van der Waals surface area contributed by atoms with E-state index in [1.54, 1.807) is 6.07 Å². The largest absolute Gasteiger partial charge is 0.494 e. The molecule has 1 rings (SSSR count). The van der Waals surface area contributed by atoms with E-state index in [0.717, 1.165) is 18.8 Å². The third-order valence-electron chi connectivity index (χ3n) is 2.61. The summed E-state index contributed by atoms with van der Waals surface area (Å²) in [5, 5.41) is 0. The summed E-state index contributed by atoms with van der Waals surface area (Å²) in [6.07, 6.45) is 0. The smallest absolute Gasteiger partial charge is 0.167 e. The Morgan fingerprint density at radius 3 is 2.53 bits per heavy atom. The van der Waals surface area contributed by atoms with Gasteiger partial charge in [-0.05, 0) is 12.8 Å². The van der Waals surface area contributed by atoms with Crippen molar-refractivity contribution in [1.82, 2.24) is 0 Å². The van der Waals surface area contributed by atoms with Crippen molar-refractivity contribution < 1.29 is 9.13 Å². The fourth-order valence-electron chi connectivity index (χ4n) is 1.83. The Labute approximate surface area is 102 Å². The van der Waals surface area contributed by atoms with Crippen molar-refractivity contribution in [2.75, 3.05) is 30.8 Å². The van der Waals surface area contributed by atoms with E-state index in [1.807, 2.05) is 0 Å². The number of nitrogens with zero attached hydrogens (tertiary/aromatic N) is 1. The molecular weight excluding hydrogens is 219 g/mol. The summed E-state index contributed by atoms with van der Waals surface area (Å²) >= 11 is 0. The molecule has 0 atom stereocenters. The van der Waals surface area contributed by atoms with E-state index >= 15 is 0 Å². The average molecular weight is 240 g/mol. The van der Waals surface area contributed by atoms with Crippen molar-refractivity contribution >= 4 is 11.4 Å². The fourth-order valence-corrected chi connectivity index (χ4v) is 1.83. The van der Waals surface area contributed by atoms with E-state index in [4.69, 9.17) is 10.5 Å². The minimum Gasteiger partial charge on any atom is -0.494 e. The SMILES string of the molecule is CCN(CC(C)C)c1cc(OC)c(F)cc1N. The number of nitrogen functional groups attached to an aromatic ring is 1. The minimum absolute atomic E-state index is 0.233. The predicted molar refractivity (Wildman–Crippen MR) is 70.1 cm³/mol. The predicted octanol–water partition coefficient (Wildman–Crippen LogP) is 2.90. The summed E-state index contributed by atoms with van der Waals surface area (Å²) in [6, 6.07) is 2.98. The molecule has 96 valence electrons. The Bertz CT molecular complexity index is 380. The summed E-state index contributed by atoms with van der Waals surface area (Å²) < 4.78 is 18.4. The molecule has 3 nitrogen and oxygen atoms in total. The molecule has 0 saturated carbocycles. The van der Waals surface area contributed by atoms with Crippen molar-refractivity contribution in [3.8, 4) is 5.75 Å². The van der Waals surface area contributed by atoms with Crippen LogP contribution >= 0.6 is 0 Å². The van der Waals surface area contributed by atoms with Crippen LogP contribution in [0.25, 0.3) is 0 Å². The van der Waals surface area contributed by atoms with E-state index in [1.165, 1.54) is 13.2 Å². The van der Waals surface area contributed by atoms with Crippen molar-refractivity contribution in [2.24, 2.45) is 5.92 Å². The molecule has 0 aromatic heterocycles. The molecule has 0 aliphatic carbocycles. The lowest BCUT2D eigenvalue weighted by Gasteiger charge is -2.27. The standard InChI is InChI=1S/C13H21FN2O/c1-5-16(8-9(2)3)12-7-13(17-4)10(14)6-11(12)15/h6-7,9H,5,8,15H2,1-4H3. The molecule has 1 aromatic rings. The Kier molecular flexibility index (Phi) is 4.61. The molecule has 0 bridgehead atoms. The average Bonchev–Trinajstić information content (AvgIpc) is 2.26. The Morgan fingerprint density at radius 2 is 2.06 bits per heavy atom. The molecule has 17 heavy (non-hydrogen) atoms. The van der Waals surface area contributed by atoms with Gasteiger partial charge in [-0.2, -0.15) is 0 Å². The Balaban J connectivity index is 3.10. The first-order chi connectivity index (χ1) is 7.99. The van der Waals surface area contributed by atoms with Gasteiger partial charge in [0.05, 0.1) is 18.5 Å². The zero-order valence-electron chi connectivity index (χ0n) is 11.0. The maximum absolute atomic E-state index is 13.4. The lowest BCUT2D eigenvalue weighted by molar-refractivity contribution is 0.386. The number of methoxy groups -OCH3 is 1. The molecule has 0 fully saturated rings. The summed E-state index contributed by atoms with van der Waals surface area (Å²) in [7, 11) is 1.46. The Hall–Kier alpha value is -1.45. The van der Waals surface area contributed by atoms with E-state index in [0.29, 0.717) is 11.6 Å². The van der Waals surface area contributed by atoms with Crippen LogP contribution in [0.5, 0.6) is 5.75 Å². The van der Waals surface area contributed by atoms with Gasteiger partial charge >= 0.3 is 0 Å². The highest BCUT2D eigenvalue weighted by Gasteiger charge is 2.14. The molecule has 0 saturated heterocycles. The van der Waals surface area contributed by atoms with Crippen molar-refractivity contribution in [1.29, 1.82) is 0 Å². The summed E-state index contributed by atoms with van der Waals surface area (Å²) in [5.41, 5.74) is 7.14. The van der Waals surface area contributed by atoms with Crippen LogP contribution in [-0.4, -0.2) is 20.2 Å². The molecule has 0 aliphatic heterocycles. The summed E-state index contributed by atoms with van der Waals surface area (Å²) in [4.78, 5) is 2.13. The molecule has 0 unspecified atom stereocenters. The van der Waals surface area contributed by atoms with Gasteiger partial charge in [0.2, 0.25) is 0 Å². The van der Waals surface area contributed by atoms with Crippen molar-refractivity contribution in [2.45, 2.75) is 20.8 Å². The third-order valence-corrected chi connectivity index (χ3v) is 2.61. The molecule has 0 spiro atoms. The molecule has 0 amide bonds. The van der Waals surface area contributed by atoms with Crippen LogP contribution < -0.4 is 15.4 Å². The van der Waals surface area contributed by atoms with Crippen LogP contribution in [0.2, 0.25) is 0 Å². The van der Waals surface area contributed by atoms with E-state index in [9.17, 15) is 4.39 Å². The molecule has 1 aromatic carbocycles. The highest BCUT2D eigenvalue weighted by Crippen LogP contribution is 2.31. The van der Waals surface area contributed by atoms with Crippen LogP contribution in [0.1, 0.15) is 20.8 Å². The fraction of sp³-hybridized carbons (Fsp3) is 0.538. The van der Waals surface area contributed by atoms with Crippen molar-refractivity contribution in [3.63, 3.8) is 0 Å². The topological polar surface area (TPSA) is 38.5 Å². The highest BCUT2D eigenvalue weighted by atomic mass is 19.1. The van der Waals surface area contributed by atoms with Crippen molar-refractivity contribution in [3.05, 3.63) is 17.9 Å². The first-order valence-electron chi connectivity index (χ1n) is 5.87.